The minimum atomic E-state index is -1.12. The maximum absolute atomic E-state index is 12.1. The molecule has 0 saturated heterocycles. The molecule has 2 aromatic rings. The van der Waals surface area contributed by atoms with Crippen LogP contribution in [0.5, 0.6) is 0 Å². The van der Waals surface area contributed by atoms with Gasteiger partial charge in [-0.15, -0.1) is 0 Å². The fourth-order valence-corrected chi connectivity index (χ4v) is 3.51. The summed E-state index contributed by atoms with van der Waals surface area (Å²) in [6.07, 6.45) is 0.292. The Balaban J connectivity index is 0.00000132. The van der Waals surface area contributed by atoms with E-state index in [-0.39, 0.29) is 16.7 Å². The zero-order valence-corrected chi connectivity index (χ0v) is 17.7. The number of anilines is 1. The minimum Gasteiger partial charge on any atom is -0.478 e. The monoisotopic (exact) mass is 416 g/mol. The molecule has 1 heterocycles. The van der Waals surface area contributed by atoms with Gasteiger partial charge >= 0.3 is 5.97 Å². The third-order valence-electron chi connectivity index (χ3n) is 4.91. The van der Waals surface area contributed by atoms with Crippen molar-refractivity contribution in [2.24, 2.45) is 0 Å². The molecule has 31 heavy (non-hydrogen) atoms. The molecular weight excluding hydrogens is 392 g/mol. The van der Waals surface area contributed by atoms with E-state index in [1.54, 1.807) is 55.5 Å². The third-order valence-corrected chi connectivity index (χ3v) is 4.91. The molecule has 6 nitrogen and oxygen atoms in total. The number of hydrogen-bond acceptors (Lipinski definition) is 5. The molecule has 0 radical (unpaired) electrons. The first kappa shape index (κ1) is 21.8. The van der Waals surface area contributed by atoms with Crippen LogP contribution < -0.4 is 11.1 Å². The normalized spacial score (nSPS) is 10.5. The molecule has 0 saturated carbocycles. The second-order valence-corrected chi connectivity index (χ2v) is 6.79. The maximum atomic E-state index is 12.1. The molecule has 6 heteroatoms. The van der Waals surface area contributed by atoms with Crippen LogP contribution >= 0.6 is 0 Å². The van der Waals surface area contributed by atoms with E-state index in [2.05, 4.69) is 0 Å². The topological polar surface area (TPSA) is 117 Å². The van der Waals surface area contributed by atoms with E-state index in [0.29, 0.717) is 51.1 Å². The third kappa shape index (κ3) is 4.05. The van der Waals surface area contributed by atoms with Crippen LogP contribution in [0.4, 0.5) is 5.69 Å². The van der Waals surface area contributed by atoms with Crippen LogP contribution in [-0.4, -0.2) is 16.9 Å². The number of carboxylic acids is 1. The van der Waals surface area contributed by atoms with E-state index >= 15 is 0 Å². The van der Waals surface area contributed by atoms with Crippen molar-refractivity contribution in [3.8, 4) is 22.5 Å². The van der Waals surface area contributed by atoms with Gasteiger partial charge in [-0.1, -0.05) is 32.9 Å². The van der Waals surface area contributed by atoms with Crippen LogP contribution in [0.15, 0.2) is 59.0 Å². The molecule has 158 valence electrons. The van der Waals surface area contributed by atoms with Gasteiger partial charge in [0.15, 0.2) is 5.78 Å². The fraction of sp³-hybridized carbons (Fsp3) is 0.160. The number of carbonyl (C=O) groups is 2. The van der Waals surface area contributed by atoms with Crippen molar-refractivity contribution in [3.63, 3.8) is 0 Å². The first-order chi connectivity index (χ1) is 14.9. The van der Waals surface area contributed by atoms with Crippen molar-refractivity contribution in [3.05, 3.63) is 71.1 Å². The molecule has 2 aromatic carbocycles. The molecule has 4 rings (SSSR count). The number of ketones is 1. The van der Waals surface area contributed by atoms with Gasteiger partial charge in [-0.05, 0) is 35.9 Å². The molecule has 0 fully saturated rings. The van der Waals surface area contributed by atoms with E-state index in [0.717, 1.165) is 0 Å². The van der Waals surface area contributed by atoms with Crippen LogP contribution in [-0.2, 0) is 0 Å². The number of fused-ring (bicyclic) bond motifs is 2. The number of aromatic carboxylic acids is 1. The Morgan fingerprint density at radius 3 is 2.39 bits per heavy atom. The Bertz CT molecular complexity index is 1320. The quantitative estimate of drug-likeness (QED) is 0.228. The molecule has 1 aliphatic carbocycles. The van der Waals surface area contributed by atoms with Gasteiger partial charge in [0, 0.05) is 46.3 Å². The number of Topliss-reactive ketones (excluding diaryl/α,β-unsaturated/α-hetero) is 1. The summed E-state index contributed by atoms with van der Waals surface area (Å²) >= 11 is 0. The summed E-state index contributed by atoms with van der Waals surface area (Å²) in [6, 6.07) is 14.8. The lowest BCUT2D eigenvalue weighted by atomic mass is 9.89. The highest BCUT2D eigenvalue weighted by Crippen LogP contribution is 2.41. The van der Waals surface area contributed by atoms with Crippen molar-refractivity contribution >= 4 is 28.4 Å². The van der Waals surface area contributed by atoms with Gasteiger partial charge in [-0.3, -0.25) is 4.79 Å². The van der Waals surface area contributed by atoms with Gasteiger partial charge in [0.25, 0.3) is 0 Å². The van der Waals surface area contributed by atoms with E-state index < -0.39 is 5.97 Å². The summed E-state index contributed by atoms with van der Waals surface area (Å²) in [7, 11) is 0. The lowest BCUT2D eigenvalue weighted by Crippen LogP contribution is -2.06. The summed E-state index contributed by atoms with van der Waals surface area (Å²) in [5.41, 5.74) is 9.11. The van der Waals surface area contributed by atoms with Crippen molar-refractivity contribution < 1.29 is 19.1 Å². The average Bonchev–Trinajstić information content (AvgIpc) is 2.77. The lowest BCUT2D eigenvalue weighted by molar-refractivity contribution is 0.0697. The Kier molecular flexibility index (Phi) is 6.20. The Morgan fingerprint density at radius 2 is 1.71 bits per heavy atom. The van der Waals surface area contributed by atoms with Gasteiger partial charge in [-0.25, -0.2) is 4.79 Å². The second kappa shape index (κ2) is 8.83. The molecule has 1 aliphatic heterocycles. The average molecular weight is 416 g/mol. The maximum Gasteiger partial charge on any atom is 0.336 e. The van der Waals surface area contributed by atoms with E-state index in [9.17, 15) is 14.7 Å². The van der Waals surface area contributed by atoms with Crippen LogP contribution in [0, 0.1) is 5.41 Å². The molecule has 0 amide bonds. The SMILES string of the molecule is CC.CCC(=O)c1ccc(-c2c3ccc(=N)cc-3oc3cc(N)ccc23)c(C(=O)O)c1. The number of rotatable bonds is 4. The molecule has 4 N–H and O–H groups in total. The van der Waals surface area contributed by atoms with Crippen molar-refractivity contribution in [2.75, 3.05) is 5.73 Å². The number of carbonyl (C=O) groups excluding carboxylic acids is 1. The highest BCUT2D eigenvalue weighted by molar-refractivity contribution is 6.09. The summed E-state index contributed by atoms with van der Waals surface area (Å²) < 4.78 is 5.95. The molecular formula is C25H24N2O4. The van der Waals surface area contributed by atoms with Gasteiger partial charge in [-0.2, -0.15) is 0 Å². The van der Waals surface area contributed by atoms with Crippen molar-refractivity contribution in [2.45, 2.75) is 27.2 Å². The van der Waals surface area contributed by atoms with Crippen LogP contribution in [0.3, 0.4) is 0 Å². The highest BCUT2D eigenvalue weighted by atomic mass is 16.4. The highest BCUT2D eigenvalue weighted by Gasteiger charge is 2.22. The zero-order valence-electron chi connectivity index (χ0n) is 17.7. The summed E-state index contributed by atoms with van der Waals surface area (Å²) in [5, 5.41) is 18.7. The predicted octanol–water partition coefficient (Wildman–Crippen LogP) is 5.58. The van der Waals surface area contributed by atoms with E-state index in [1.807, 2.05) is 13.8 Å². The second-order valence-electron chi connectivity index (χ2n) is 6.79. The number of nitrogen functional groups attached to an aromatic ring is 1. The summed E-state index contributed by atoms with van der Waals surface area (Å²) in [4.78, 5) is 24.1. The minimum absolute atomic E-state index is 0.0323. The Morgan fingerprint density at radius 1 is 1.00 bits per heavy atom. The smallest absolute Gasteiger partial charge is 0.336 e. The fourth-order valence-electron chi connectivity index (χ4n) is 3.51. The van der Waals surface area contributed by atoms with E-state index in [4.69, 9.17) is 15.6 Å². The number of nitrogens with one attached hydrogen (secondary N) is 1. The molecule has 0 bridgehead atoms. The van der Waals surface area contributed by atoms with Gasteiger partial charge < -0.3 is 20.7 Å². The van der Waals surface area contributed by atoms with Crippen LogP contribution in [0.25, 0.3) is 33.4 Å². The molecule has 0 unspecified atom stereocenters. The number of benzene rings is 3. The first-order valence-corrected chi connectivity index (χ1v) is 10.1. The van der Waals surface area contributed by atoms with E-state index in [1.165, 1.54) is 6.07 Å². The predicted molar refractivity (Wildman–Crippen MR) is 121 cm³/mol. The lowest BCUT2D eigenvalue weighted by Gasteiger charge is -2.17. The molecule has 0 atom stereocenters. The zero-order chi connectivity index (χ0) is 22.7. The molecule has 0 aromatic heterocycles. The number of hydrogen-bond donors (Lipinski definition) is 3. The van der Waals surface area contributed by atoms with Crippen molar-refractivity contribution in [1.82, 2.24) is 0 Å². The number of carboxylic acid groups (broad SMARTS) is 1. The van der Waals surface area contributed by atoms with Gasteiger partial charge in [0.2, 0.25) is 0 Å². The first-order valence-electron chi connectivity index (χ1n) is 10.1. The largest absolute Gasteiger partial charge is 0.478 e. The molecule has 2 aliphatic rings. The summed E-state index contributed by atoms with van der Waals surface area (Å²) in [6.45, 7) is 5.74. The summed E-state index contributed by atoms with van der Waals surface area (Å²) in [5.74, 6) is -0.792. The van der Waals surface area contributed by atoms with Crippen molar-refractivity contribution in [1.29, 1.82) is 5.41 Å². The number of nitrogens with two attached hydrogens (primary N) is 1. The van der Waals surface area contributed by atoms with Gasteiger partial charge in [0.1, 0.15) is 11.3 Å². The standard InChI is InChI=1S/C23H18N2O4.C2H6/c1-2-19(26)12-3-6-15(18(9-12)23(27)28)22-16-7-4-13(24)10-20(16)29-21-11-14(25)5-8-17(21)22;1-2/h3-11,24H,2,25H2,1H3,(H,27,28);1-2H3. The van der Waals surface area contributed by atoms with Crippen LogP contribution in [0.1, 0.15) is 47.9 Å². The molecule has 0 spiro atoms. The Hall–Kier alpha value is -3.93. The Labute approximate surface area is 179 Å². The van der Waals surface area contributed by atoms with Gasteiger partial charge in [0.05, 0.1) is 10.9 Å². The van der Waals surface area contributed by atoms with Crippen LogP contribution in [0.2, 0.25) is 0 Å².